The molecule has 0 saturated carbocycles. The predicted octanol–water partition coefficient (Wildman–Crippen LogP) is 3.70. The molecule has 0 bridgehead atoms. The summed E-state index contributed by atoms with van der Waals surface area (Å²) in [4.78, 5) is 4.45. The minimum Gasteiger partial charge on any atom is -0.304 e. The van der Waals surface area contributed by atoms with Gasteiger partial charge in [-0.3, -0.25) is 0 Å². The smallest absolute Gasteiger partial charge is 0.0239 e. The first-order valence-corrected chi connectivity index (χ1v) is 5.25. The van der Waals surface area contributed by atoms with Crippen molar-refractivity contribution in [1.29, 1.82) is 0 Å². The van der Waals surface area contributed by atoms with Crippen LogP contribution in [0, 0.1) is 6.07 Å². The molecule has 1 nitrogen and oxygen atoms in total. The zero-order valence-electron chi connectivity index (χ0n) is 9.05. The number of nitrogens with zero attached hydrogens (tertiary/aromatic N) is 1. The Morgan fingerprint density at radius 2 is 1.65 bits per heavy atom. The molecule has 0 unspecified atom stereocenters. The van der Waals surface area contributed by atoms with Crippen LogP contribution < -0.4 is 0 Å². The van der Waals surface area contributed by atoms with Gasteiger partial charge in [-0.05, 0) is 16.5 Å². The van der Waals surface area contributed by atoms with Gasteiger partial charge in [-0.25, -0.2) is 0 Å². The summed E-state index contributed by atoms with van der Waals surface area (Å²) in [5, 5.41) is 2.38. The summed E-state index contributed by atoms with van der Waals surface area (Å²) in [6, 6.07) is 21.4. The van der Waals surface area contributed by atoms with Crippen molar-refractivity contribution >= 4 is 10.8 Å². The van der Waals surface area contributed by atoms with Crippen molar-refractivity contribution in [3.8, 4) is 11.3 Å². The van der Waals surface area contributed by atoms with E-state index in [1.807, 2.05) is 42.6 Å². The number of aromatic nitrogens is 1. The monoisotopic (exact) mass is 397 g/mol. The maximum atomic E-state index is 4.45. The fraction of sp³-hybridized carbons (Fsp3) is 0. The third kappa shape index (κ3) is 2.44. The van der Waals surface area contributed by atoms with E-state index >= 15 is 0 Å². The Morgan fingerprint density at radius 1 is 0.882 bits per heavy atom. The van der Waals surface area contributed by atoms with Crippen LogP contribution in [0.3, 0.4) is 0 Å². The molecule has 0 amide bonds. The molecule has 0 aliphatic carbocycles. The molecule has 2 aromatic carbocycles. The molecule has 0 fully saturated rings. The molecule has 1 heterocycles. The SMILES string of the molecule is [Ir].[c-]1ccccc1-c1cc2ccccc2cn1. The third-order valence-corrected chi connectivity index (χ3v) is 2.62. The molecule has 0 atom stereocenters. The molecule has 0 aliphatic heterocycles. The van der Waals surface area contributed by atoms with E-state index in [-0.39, 0.29) is 20.1 Å². The first-order chi connectivity index (χ1) is 7.93. The van der Waals surface area contributed by atoms with E-state index < -0.39 is 0 Å². The average Bonchev–Trinajstić information content (AvgIpc) is 2.39. The molecule has 0 aliphatic rings. The average molecular weight is 396 g/mol. The number of pyridine rings is 1. The van der Waals surface area contributed by atoms with Crippen LogP contribution in [0.15, 0.2) is 60.8 Å². The topological polar surface area (TPSA) is 12.9 Å². The van der Waals surface area contributed by atoms with Crippen LogP contribution in [-0.4, -0.2) is 4.98 Å². The van der Waals surface area contributed by atoms with Gasteiger partial charge in [0.1, 0.15) is 0 Å². The zero-order chi connectivity index (χ0) is 10.8. The van der Waals surface area contributed by atoms with E-state index in [2.05, 4.69) is 29.2 Å². The van der Waals surface area contributed by atoms with Gasteiger partial charge in [0.05, 0.1) is 0 Å². The summed E-state index contributed by atoms with van der Waals surface area (Å²) in [5.41, 5.74) is 2.01. The van der Waals surface area contributed by atoms with Gasteiger partial charge < -0.3 is 4.98 Å². The first-order valence-electron chi connectivity index (χ1n) is 5.25. The molecule has 3 aromatic rings. The summed E-state index contributed by atoms with van der Waals surface area (Å²) in [5.74, 6) is 0. The summed E-state index contributed by atoms with van der Waals surface area (Å²) >= 11 is 0. The van der Waals surface area contributed by atoms with Crippen molar-refractivity contribution < 1.29 is 20.1 Å². The fourth-order valence-electron chi connectivity index (χ4n) is 1.78. The molecule has 3 rings (SSSR count). The van der Waals surface area contributed by atoms with Crippen molar-refractivity contribution in [2.24, 2.45) is 0 Å². The van der Waals surface area contributed by atoms with E-state index in [1.54, 1.807) is 0 Å². The van der Waals surface area contributed by atoms with Crippen LogP contribution in [0.2, 0.25) is 0 Å². The second-order valence-electron chi connectivity index (χ2n) is 3.69. The summed E-state index contributed by atoms with van der Waals surface area (Å²) in [6.07, 6.45) is 1.91. The molecule has 2 heteroatoms. The fourth-order valence-corrected chi connectivity index (χ4v) is 1.78. The van der Waals surface area contributed by atoms with Crippen LogP contribution in [0.1, 0.15) is 0 Å². The Bertz CT molecular complexity index is 620. The molecule has 0 spiro atoms. The third-order valence-electron chi connectivity index (χ3n) is 2.62. The Hall–Kier alpha value is -1.50. The second kappa shape index (κ2) is 5.22. The van der Waals surface area contributed by atoms with Gasteiger partial charge in [0.2, 0.25) is 0 Å². The van der Waals surface area contributed by atoms with Crippen molar-refractivity contribution in [3.05, 3.63) is 66.9 Å². The Labute approximate surface area is 114 Å². The van der Waals surface area contributed by atoms with Gasteiger partial charge in [0.25, 0.3) is 0 Å². The minimum atomic E-state index is 0. The molecule has 1 radical (unpaired) electrons. The van der Waals surface area contributed by atoms with Gasteiger partial charge in [-0.1, -0.05) is 30.3 Å². The van der Waals surface area contributed by atoms with E-state index in [9.17, 15) is 0 Å². The molecule has 85 valence electrons. The Morgan fingerprint density at radius 3 is 2.41 bits per heavy atom. The van der Waals surface area contributed by atoms with E-state index in [1.165, 1.54) is 10.8 Å². The van der Waals surface area contributed by atoms with Gasteiger partial charge in [-0.2, -0.15) is 0 Å². The summed E-state index contributed by atoms with van der Waals surface area (Å²) < 4.78 is 0. The van der Waals surface area contributed by atoms with Crippen molar-refractivity contribution in [2.75, 3.05) is 0 Å². The first kappa shape index (κ1) is 12.0. The maximum absolute atomic E-state index is 4.45. The molecule has 0 saturated heterocycles. The number of hydrogen-bond donors (Lipinski definition) is 0. The van der Waals surface area contributed by atoms with Crippen LogP contribution in [0.4, 0.5) is 0 Å². The standard InChI is InChI=1S/C15H10N.Ir/c1-2-6-12(7-3-1)15-10-13-8-4-5-9-14(13)11-16-15;/h1-6,8-11H;/q-1;. The quantitative estimate of drug-likeness (QED) is 0.572. The van der Waals surface area contributed by atoms with Crippen molar-refractivity contribution in [1.82, 2.24) is 4.98 Å². The van der Waals surface area contributed by atoms with Crippen LogP contribution >= 0.6 is 0 Å². The molecule has 1 aromatic heterocycles. The number of rotatable bonds is 1. The van der Waals surface area contributed by atoms with Crippen LogP contribution in [-0.2, 0) is 20.1 Å². The molecule has 0 N–H and O–H groups in total. The van der Waals surface area contributed by atoms with Crippen LogP contribution in [0.25, 0.3) is 22.0 Å². The van der Waals surface area contributed by atoms with Gasteiger partial charge >= 0.3 is 0 Å². The minimum absolute atomic E-state index is 0. The Balaban J connectivity index is 0.00000108. The van der Waals surface area contributed by atoms with E-state index in [4.69, 9.17) is 0 Å². The number of hydrogen-bond acceptors (Lipinski definition) is 1. The Kier molecular flexibility index (Phi) is 3.68. The molecular weight excluding hydrogens is 386 g/mol. The van der Waals surface area contributed by atoms with Gasteiger partial charge in [-0.15, -0.1) is 35.9 Å². The second-order valence-corrected chi connectivity index (χ2v) is 3.69. The number of benzene rings is 2. The van der Waals surface area contributed by atoms with Crippen molar-refractivity contribution in [2.45, 2.75) is 0 Å². The summed E-state index contributed by atoms with van der Waals surface area (Å²) in [6.45, 7) is 0. The van der Waals surface area contributed by atoms with Gasteiger partial charge in [0.15, 0.2) is 0 Å². The normalized spacial score (nSPS) is 9.88. The molecular formula is C15H10IrN-. The summed E-state index contributed by atoms with van der Waals surface area (Å²) in [7, 11) is 0. The van der Waals surface area contributed by atoms with E-state index in [0.29, 0.717) is 0 Å². The predicted molar refractivity (Wildman–Crippen MR) is 66.0 cm³/mol. The van der Waals surface area contributed by atoms with Crippen molar-refractivity contribution in [3.63, 3.8) is 0 Å². The zero-order valence-corrected chi connectivity index (χ0v) is 11.4. The van der Waals surface area contributed by atoms with Gasteiger partial charge in [0, 0.05) is 26.3 Å². The number of fused-ring (bicyclic) bond motifs is 1. The molecule has 17 heavy (non-hydrogen) atoms. The largest absolute Gasteiger partial charge is 0.304 e. The van der Waals surface area contributed by atoms with Crippen LogP contribution in [0.5, 0.6) is 0 Å². The maximum Gasteiger partial charge on any atom is 0.0239 e. The van der Waals surface area contributed by atoms with E-state index in [0.717, 1.165) is 11.3 Å².